The van der Waals surface area contributed by atoms with E-state index in [0.717, 1.165) is 24.0 Å². The largest absolute Gasteiger partial charge is 0.310 e. The maximum absolute atomic E-state index is 4.53. The molecule has 1 aliphatic rings. The number of nitrogens with zero attached hydrogens (tertiary/aromatic N) is 4. The summed E-state index contributed by atoms with van der Waals surface area (Å²) in [5.41, 5.74) is 3.34. The highest BCUT2D eigenvalue weighted by molar-refractivity contribution is 5.58. The van der Waals surface area contributed by atoms with Crippen LogP contribution in [0.1, 0.15) is 18.4 Å². The van der Waals surface area contributed by atoms with Gasteiger partial charge in [0, 0.05) is 44.6 Å². The summed E-state index contributed by atoms with van der Waals surface area (Å²) in [5, 5.41) is 12.3. The van der Waals surface area contributed by atoms with Gasteiger partial charge >= 0.3 is 0 Å². The molecule has 0 unspecified atom stereocenters. The monoisotopic (exact) mass is 231 g/mol. The number of nitrogens with one attached hydrogen (secondary N) is 1. The summed E-state index contributed by atoms with van der Waals surface area (Å²) in [4.78, 5) is 0. The van der Waals surface area contributed by atoms with Crippen LogP contribution in [0.2, 0.25) is 0 Å². The van der Waals surface area contributed by atoms with Gasteiger partial charge in [-0.3, -0.25) is 9.36 Å². The summed E-state index contributed by atoms with van der Waals surface area (Å²) in [6.45, 7) is 0.888. The lowest BCUT2D eigenvalue weighted by Gasteiger charge is -2.03. The summed E-state index contributed by atoms with van der Waals surface area (Å²) in [6.07, 6.45) is 6.50. The minimum absolute atomic E-state index is 0.717. The van der Waals surface area contributed by atoms with Crippen LogP contribution in [0.3, 0.4) is 0 Å². The van der Waals surface area contributed by atoms with Crippen LogP contribution in [-0.2, 0) is 20.6 Å². The van der Waals surface area contributed by atoms with Crippen molar-refractivity contribution in [3.63, 3.8) is 0 Å². The molecule has 0 amide bonds. The lowest BCUT2D eigenvalue weighted by molar-refractivity contribution is 0.686. The average molecular weight is 231 g/mol. The number of aryl methyl sites for hydroxylation is 2. The molecule has 2 aromatic rings. The molecule has 0 atom stereocenters. The number of hydrogen-bond donors (Lipinski definition) is 1. The van der Waals surface area contributed by atoms with E-state index in [1.165, 1.54) is 18.4 Å². The standard InChI is InChI=1S/C12H17N5/c1-16-8-9(7-13-10-3-4-10)12(15-16)11-5-6-14-17(11)2/h5-6,8,10,13H,3-4,7H2,1-2H3. The first-order valence-electron chi connectivity index (χ1n) is 5.98. The smallest absolute Gasteiger partial charge is 0.115 e. The van der Waals surface area contributed by atoms with E-state index < -0.39 is 0 Å². The van der Waals surface area contributed by atoms with Crippen molar-refractivity contribution in [3.05, 3.63) is 24.0 Å². The fourth-order valence-corrected chi connectivity index (χ4v) is 2.03. The molecule has 2 heterocycles. The first kappa shape index (κ1) is 10.5. The van der Waals surface area contributed by atoms with Crippen LogP contribution in [-0.4, -0.2) is 25.6 Å². The summed E-state index contributed by atoms with van der Waals surface area (Å²) < 4.78 is 3.73. The second-order valence-corrected chi connectivity index (χ2v) is 4.67. The first-order chi connectivity index (χ1) is 8.24. The molecule has 0 radical (unpaired) electrons. The van der Waals surface area contributed by atoms with Gasteiger partial charge in [0.05, 0.1) is 5.69 Å². The van der Waals surface area contributed by atoms with Crippen molar-refractivity contribution in [2.45, 2.75) is 25.4 Å². The van der Waals surface area contributed by atoms with Gasteiger partial charge in [0.1, 0.15) is 5.69 Å². The molecule has 3 rings (SSSR count). The fourth-order valence-electron chi connectivity index (χ4n) is 2.03. The van der Waals surface area contributed by atoms with Crippen molar-refractivity contribution in [3.8, 4) is 11.4 Å². The second kappa shape index (κ2) is 4.00. The molecule has 0 aliphatic heterocycles. The van der Waals surface area contributed by atoms with Crippen LogP contribution in [0.4, 0.5) is 0 Å². The highest BCUT2D eigenvalue weighted by Crippen LogP contribution is 2.23. The molecule has 0 saturated heterocycles. The van der Waals surface area contributed by atoms with Crippen molar-refractivity contribution in [1.82, 2.24) is 24.9 Å². The van der Waals surface area contributed by atoms with Crippen LogP contribution in [0.5, 0.6) is 0 Å². The quantitative estimate of drug-likeness (QED) is 0.856. The molecule has 0 bridgehead atoms. The van der Waals surface area contributed by atoms with Crippen molar-refractivity contribution < 1.29 is 0 Å². The molecule has 0 aromatic carbocycles. The van der Waals surface area contributed by atoms with Crippen molar-refractivity contribution >= 4 is 0 Å². The molecule has 1 fully saturated rings. The number of aromatic nitrogens is 4. The first-order valence-corrected chi connectivity index (χ1v) is 5.98. The van der Waals surface area contributed by atoms with Gasteiger partial charge in [-0.2, -0.15) is 10.2 Å². The highest BCUT2D eigenvalue weighted by Gasteiger charge is 2.21. The van der Waals surface area contributed by atoms with E-state index in [-0.39, 0.29) is 0 Å². The van der Waals surface area contributed by atoms with Gasteiger partial charge in [0.15, 0.2) is 0 Å². The Balaban J connectivity index is 1.89. The minimum atomic E-state index is 0.717. The van der Waals surface area contributed by atoms with Crippen LogP contribution in [0.25, 0.3) is 11.4 Å². The van der Waals surface area contributed by atoms with E-state index >= 15 is 0 Å². The van der Waals surface area contributed by atoms with E-state index in [9.17, 15) is 0 Å². The molecular weight excluding hydrogens is 214 g/mol. The van der Waals surface area contributed by atoms with Crippen LogP contribution < -0.4 is 5.32 Å². The Labute approximate surface area is 100 Å². The number of rotatable bonds is 4. The van der Waals surface area contributed by atoms with E-state index in [0.29, 0.717) is 0 Å². The van der Waals surface area contributed by atoms with Crippen LogP contribution in [0.15, 0.2) is 18.5 Å². The molecule has 1 N–H and O–H groups in total. The third-order valence-corrected chi connectivity index (χ3v) is 3.13. The minimum Gasteiger partial charge on any atom is -0.310 e. The summed E-state index contributed by atoms with van der Waals surface area (Å²) in [5.74, 6) is 0. The third-order valence-electron chi connectivity index (χ3n) is 3.13. The molecular formula is C12H17N5. The second-order valence-electron chi connectivity index (χ2n) is 4.67. The highest BCUT2D eigenvalue weighted by atomic mass is 15.3. The molecule has 5 nitrogen and oxygen atoms in total. The SMILES string of the molecule is Cn1cc(CNC2CC2)c(-c2ccnn2C)n1. The van der Waals surface area contributed by atoms with Crippen LogP contribution >= 0.6 is 0 Å². The van der Waals surface area contributed by atoms with E-state index in [1.807, 2.05) is 35.7 Å². The molecule has 90 valence electrons. The maximum atomic E-state index is 4.53. The number of hydrogen-bond acceptors (Lipinski definition) is 3. The van der Waals surface area contributed by atoms with Gasteiger partial charge in [-0.1, -0.05) is 0 Å². The third kappa shape index (κ3) is 2.10. The molecule has 1 aliphatic carbocycles. The average Bonchev–Trinajstić information content (AvgIpc) is 2.93. The topological polar surface area (TPSA) is 47.7 Å². The van der Waals surface area contributed by atoms with Gasteiger partial charge in [-0.05, 0) is 18.9 Å². The van der Waals surface area contributed by atoms with Crippen LogP contribution in [0, 0.1) is 0 Å². The predicted molar refractivity (Wildman–Crippen MR) is 65.3 cm³/mol. The predicted octanol–water partition coefficient (Wildman–Crippen LogP) is 1.07. The molecule has 2 aromatic heterocycles. The molecule has 1 saturated carbocycles. The Morgan fingerprint density at radius 2 is 2.24 bits per heavy atom. The molecule has 17 heavy (non-hydrogen) atoms. The normalized spacial score (nSPS) is 15.4. The Bertz CT molecular complexity index is 521. The van der Waals surface area contributed by atoms with E-state index in [1.54, 1.807) is 0 Å². The zero-order valence-corrected chi connectivity index (χ0v) is 10.2. The van der Waals surface area contributed by atoms with Gasteiger partial charge in [-0.15, -0.1) is 0 Å². The Kier molecular flexibility index (Phi) is 2.48. The van der Waals surface area contributed by atoms with E-state index in [2.05, 4.69) is 21.7 Å². The molecule has 0 spiro atoms. The Morgan fingerprint density at radius 1 is 1.41 bits per heavy atom. The van der Waals surface area contributed by atoms with Gasteiger partial charge < -0.3 is 5.32 Å². The van der Waals surface area contributed by atoms with Crippen molar-refractivity contribution in [1.29, 1.82) is 0 Å². The lowest BCUT2D eigenvalue weighted by atomic mass is 10.2. The zero-order chi connectivity index (χ0) is 11.8. The zero-order valence-electron chi connectivity index (χ0n) is 10.2. The van der Waals surface area contributed by atoms with Crippen molar-refractivity contribution in [2.24, 2.45) is 14.1 Å². The summed E-state index contributed by atoms with van der Waals surface area (Å²) in [6, 6.07) is 2.72. The summed E-state index contributed by atoms with van der Waals surface area (Å²) >= 11 is 0. The van der Waals surface area contributed by atoms with Crippen molar-refractivity contribution in [2.75, 3.05) is 0 Å². The lowest BCUT2D eigenvalue weighted by Crippen LogP contribution is -2.15. The fraction of sp³-hybridized carbons (Fsp3) is 0.500. The van der Waals surface area contributed by atoms with E-state index in [4.69, 9.17) is 0 Å². The van der Waals surface area contributed by atoms with Gasteiger partial charge in [0.25, 0.3) is 0 Å². The Morgan fingerprint density at radius 3 is 2.88 bits per heavy atom. The van der Waals surface area contributed by atoms with Gasteiger partial charge in [0.2, 0.25) is 0 Å². The summed E-state index contributed by atoms with van der Waals surface area (Å²) in [7, 11) is 3.91. The van der Waals surface area contributed by atoms with Gasteiger partial charge in [-0.25, -0.2) is 0 Å². The molecule has 5 heteroatoms. The Hall–Kier alpha value is -1.62. The maximum Gasteiger partial charge on any atom is 0.115 e.